The molecule has 0 aliphatic carbocycles. The second kappa shape index (κ2) is 10.7. The van der Waals surface area contributed by atoms with E-state index in [4.69, 9.17) is 0 Å². The zero-order valence-corrected chi connectivity index (χ0v) is 15.3. The molecule has 0 aliphatic rings. The largest absolute Gasteiger partial charge is 0.312 e. The Kier molecular flexibility index (Phi) is 10.6. The van der Waals surface area contributed by atoms with E-state index in [-0.39, 0.29) is 5.54 Å². The van der Waals surface area contributed by atoms with Gasteiger partial charge in [-0.05, 0) is 45.4 Å². The lowest BCUT2D eigenvalue weighted by Crippen LogP contribution is -2.44. The van der Waals surface area contributed by atoms with Crippen LogP contribution in [-0.4, -0.2) is 12.1 Å². The minimum absolute atomic E-state index is 0.245. The van der Waals surface area contributed by atoms with Crippen molar-refractivity contribution in [1.29, 1.82) is 0 Å². The number of rotatable bonds is 12. The van der Waals surface area contributed by atoms with E-state index in [1.807, 2.05) is 0 Å². The van der Waals surface area contributed by atoms with Gasteiger partial charge in [0.25, 0.3) is 0 Å². The van der Waals surface area contributed by atoms with Crippen LogP contribution in [0.1, 0.15) is 106 Å². The fraction of sp³-hybridized carbons (Fsp3) is 1.00. The number of hydrogen-bond acceptors (Lipinski definition) is 1. The Hall–Kier alpha value is -0.0400. The van der Waals surface area contributed by atoms with Gasteiger partial charge in [0.15, 0.2) is 0 Å². The van der Waals surface area contributed by atoms with Crippen LogP contribution in [-0.2, 0) is 0 Å². The van der Waals surface area contributed by atoms with Crippen LogP contribution in [0, 0.1) is 5.41 Å². The molecule has 0 aromatic rings. The minimum Gasteiger partial charge on any atom is -0.312 e. The number of hydrogen-bond donors (Lipinski definition) is 1. The van der Waals surface area contributed by atoms with E-state index in [1.165, 1.54) is 70.8 Å². The zero-order valence-electron chi connectivity index (χ0n) is 15.3. The predicted octanol–water partition coefficient (Wildman–Crippen LogP) is 6.32. The molecule has 0 aliphatic heterocycles. The summed E-state index contributed by atoms with van der Waals surface area (Å²) < 4.78 is 0. The molecule has 0 saturated carbocycles. The van der Waals surface area contributed by atoms with Gasteiger partial charge in [0.2, 0.25) is 0 Å². The van der Waals surface area contributed by atoms with Gasteiger partial charge in [0, 0.05) is 12.1 Å². The Labute approximate surface area is 129 Å². The van der Waals surface area contributed by atoms with Crippen molar-refractivity contribution in [3.8, 4) is 0 Å². The Morgan fingerprint density at radius 1 is 0.700 bits per heavy atom. The molecule has 0 fully saturated rings. The minimum atomic E-state index is 0.245. The highest BCUT2D eigenvalue weighted by atomic mass is 15.0. The summed E-state index contributed by atoms with van der Waals surface area (Å²) in [6.45, 7) is 15.1. The van der Waals surface area contributed by atoms with Crippen LogP contribution in [0.3, 0.4) is 0 Å². The van der Waals surface area contributed by atoms with Crippen molar-refractivity contribution in [3.63, 3.8) is 0 Å². The average molecular weight is 284 g/mol. The average Bonchev–Trinajstić information content (AvgIpc) is 2.40. The molecule has 0 aromatic heterocycles. The molecule has 1 nitrogen and oxygen atoms in total. The van der Waals surface area contributed by atoms with Crippen LogP contribution in [0.2, 0.25) is 0 Å². The molecule has 0 radical (unpaired) electrons. The highest BCUT2D eigenvalue weighted by Crippen LogP contribution is 2.35. The van der Waals surface area contributed by atoms with Crippen LogP contribution in [0.25, 0.3) is 0 Å². The second-order valence-electron chi connectivity index (χ2n) is 7.72. The summed E-state index contributed by atoms with van der Waals surface area (Å²) in [5, 5.41) is 3.77. The van der Waals surface area contributed by atoms with E-state index in [1.54, 1.807) is 0 Å². The summed E-state index contributed by atoms with van der Waals surface area (Å²) in [6, 6.07) is 0. The van der Waals surface area contributed by atoms with Gasteiger partial charge in [-0.25, -0.2) is 0 Å². The van der Waals surface area contributed by atoms with Gasteiger partial charge in [-0.2, -0.15) is 0 Å². The van der Waals surface area contributed by atoms with Gasteiger partial charge in [-0.3, -0.25) is 0 Å². The molecule has 0 spiro atoms. The first kappa shape index (κ1) is 20.0. The van der Waals surface area contributed by atoms with Crippen molar-refractivity contribution in [2.24, 2.45) is 5.41 Å². The molecule has 20 heavy (non-hydrogen) atoms. The molecule has 0 bridgehead atoms. The highest BCUT2D eigenvalue weighted by molar-refractivity contribution is 4.84. The summed E-state index contributed by atoms with van der Waals surface area (Å²) in [5.41, 5.74) is 0.782. The zero-order chi connectivity index (χ0) is 15.5. The normalized spacial score (nSPS) is 15.3. The Balaban J connectivity index is 4.34. The van der Waals surface area contributed by atoms with Gasteiger partial charge >= 0.3 is 0 Å². The third-order valence-electron chi connectivity index (χ3n) is 4.62. The summed E-state index contributed by atoms with van der Waals surface area (Å²) >= 11 is 0. The molecule has 1 unspecified atom stereocenters. The molecule has 0 saturated heterocycles. The molecule has 0 amide bonds. The topological polar surface area (TPSA) is 12.0 Å². The Morgan fingerprint density at radius 2 is 1.25 bits per heavy atom. The van der Waals surface area contributed by atoms with Gasteiger partial charge in [-0.1, -0.05) is 65.7 Å². The van der Waals surface area contributed by atoms with E-state index < -0.39 is 0 Å². The first-order valence-electron chi connectivity index (χ1n) is 9.14. The van der Waals surface area contributed by atoms with Gasteiger partial charge in [0.1, 0.15) is 0 Å². The molecular formula is C19H41N. The SMILES string of the molecule is CCCCCCCC(CC)(CCCC)CNC(C)(C)C. The van der Waals surface area contributed by atoms with Crippen LogP contribution >= 0.6 is 0 Å². The Morgan fingerprint density at radius 3 is 1.75 bits per heavy atom. The third kappa shape index (κ3) is 9.80. The van der Waals surface area contributed by atoms with Crippen molar-refractivity contribution in [2.75, 3.05) is 6.54 Å². The standard InChI is InChI=1S/C19H41N/c1-7-10-12-13-14-16-19(9-3,15-11-8-2)17-20-18(4,5)6/h20H,7-17H2,1-6H3. The first-order valence-corrected chi connectivity index (χ1v) is 9.14. The van der Waals surface area contributed by atoms with Crippen LogP contribution in [0.15, 0.2) is 0 Å². The highest BCUT2D eigenvalue weighted by Gasteiger charge is 2.28. The molecule has 1 atom stereocenters. The fourth-order valence-corrected chi connectivity index (χ4v) is 2.89. The van der Waals surface area contributed by atoms with Crippen LogP contribution < -0.4 is 5.32 Å². The maximum absolute atomic E-state index is 3.77. The number of unbranched alkanes of at least 4 members (excludes halogenated alkanes) is 5. The van der Waals surface area contributed by atoms with Gasteiger partial charge in [-0.15, -0.1) is 0 Å². The fourth-order valence-electron chi connectivity index (χ4n) is 2.89. The number of nitrogens with one attached hydrogen (secondary N) is 1. The molecule has 122 valence electrons. The molecule has 1 heteroatoms. The first-order chi connectivity index (χ1) is 9.39. The third-order valence-corrected chi connectivity index (χ3v) is 4.62. The smallest absolute Gasteiger partial charge is 0.00967 e. The Bertz CT molecular complexity index is 216. The van der Waals surface area contributed by atoms with Gasteiger partial charge < -0.3 is 5.32 Å². The predicted molar refractivity (Wildman–Crippen MR) is 93.4 cm³/mol. The van der Waals surface area contributed by atoms with E-state index in [2.05, 4.69) is 46.9 Å². The van der Waals surface area contributed by atoms with E-state index in [0.717, 1.165) is 0 Å². The van der Waals surface area contributed by atoms with Crippen molar-refractivity contribution >= 4 is 0 Å². The second-order valence-corrected chi connectivity index (χ2v) is 7.72. The van der Waals surface area contributed by atoms with E-state index in [9.17, 15) is 0 Å². The van der Waals surface area contributed by atoms with Crippen molar-refractivity contribution in [2.45, 2.75) is 111 Å². The quantitative estimate of drug-likeness (QED) is 0.413. The van der Waals surface area contributed by atoms with E-state index in [0.29, 0.717) is 5.41 Å². The summed E-state index contributed by atoms with van der Waals surface area (Å²) in [6.07, 6.45) is 13.9. The van der Waals surface area contributed by atoms with Crippen LogP contribution in [0.5, 0.6) is 0 Å². The van der Waals surface area contributed by atoms with Crippen molar-refractivity contribution in [1.82, 2.24) is 5.32 Å². The van der Waals surface area contributed by atoms with Gasteiger partial charge in [0.05, 0.1) is 0 Å². The van der Waals surface area contributed by atoms with E-state index >= 15 is 0 Å². The van der Waals surface area contributed by atoms with Crippen LogP contribution in [0.4, 0.5) is 0 Å². The van der Waals surface area contributed by atoms with Crippen molar-refractivity contribution in [3.05, 3.63) is 0 Å². The lowest BCUT2D eigenvalue weighted by Gasteiger charge is -2.36. The molecule has 0 heterocycles. The van der Waals surface area contributed by atoms with Crippen molar-refractivity contribution < 1.29 is 0 Å². The molecule has 0 aromatic carbocycles. The monoisotopic (exact) mass is 283 g/mol. The summed E-state index contributed by atoms with van der Waals surface area (Å²) in [7, 11) is 0. The maximum Gasteiger partial charge on any atom is 0.00967 e. The molecule has 1 N–H and O–H groups in total. The summed E-state index contributed by atoms with van der Waals surface area (Å²) in [4.78, 5) is 0. The maximum atomic E-state index is 3.77. The molecular weight excluding hydrogens is 242 g/mol. The summed E-state index contributed by atoms with van der Waals surface area (Å²) in [5.74, 6) is 0. The lowest BCUT2D eigenvalue weighted by atomic mass is 9.75. The lowest BCUT2D eigenvalue weighted by molar-refractivity contribution is 0.185. The molecule has 0 rings (SSSR count).